The fraction of sp³-hybridized carbons (Fsp3) is 0.423. The van der Waals surface area contributed by atoms with Crippen LogP contribution < -0.4 is 15.0 Å². The van der Waals surface area contributed by atoms with Gasteiger partial charge in [0.1, 0.15) is 11.8 Å². The van der Waals surface area contributed by atoms with Gasteiger partial charge >= 0.3 is 0 Å². The average Bonchev–Trinajstić information content (AvgIpc) is 3.08. The van der Waals surface area contributed by atoms with E-state index in [0.29, 0.717) is 34.7 Å². The third-order valence-corrected chi connectivity index (χ3v) is 7.12. The molecule has 4 rings (SSSR count). The van der Waals surface area contributed by atoms with E-state index in [9.17, 15) is 9.59 Å². The number of carbonyl (C=O) groups excluding carboxylic acids is 2. The minimum Gasteiger partial charge on any atom is -0.494 e. The van der Waals surface area contributed by atoms with E-state index in [0.717, 1.165) is 38.5 Å². The number of hydrogen-bond acceptors (Lipinski definition) is 6. The lowest BCUT2D eigenvalue weighted by molar-refractivity contribution is -0.124. The Labute approximate surface area is 222 Å². The minimum absolute atomic E-state index is 0.00795. The molecule has 0 unspecified atom stereocenters. The maximum atomic E-state index is 13.6. The van der Waals surface area contributed by atoms with Gasteiger partial charge < -0.3 is 19.9 Å². The summed E-state index contributed by atoms with van der Waals surface area (Å²) < 4.78 is 5.46. The van der Waals surface area contributed by atoms with Crippen molar-refractivity contribution in [3.05, 3.63) is 53.6 Å². The van der Waals surface area contributed by atoms with E-state index in [4.69, 9.17) is 28.6 Å². The fourth-order valence-electron chi connectivity index (χ4n) is 4.45. The molecule has 192 valence electrons. The molecule has 0 aromatic heterocycles. The van der Waals surface area contributed by atoms with E-state index in [-0.39, 0.29) is 18.2 Å². The summed E-state index contributed by atoms with van der Waals surface area (Å²) in [5.74, 6) is 0.263. The lowest BCUT2D eigenvalue weighted by atomic mass is 10.1. The van der Waals surface area contributed by atoms with Crippen LogP contribution in [0.5, 0.6) is 5.75 Å². The summed E-state index contributed by atoms with van der Waals surface area (Å²) in [6.07, 6.45) is -0.00795. The highest BCUT2D eigenvalue weighted by molar-refractivity contribution is 7.80. The van der Waals surface area contributed by atoms with Crippen LogP contribution >= 0.6 is 23.8 Å². The molecule has 1 N–H and O–H groups in total. The van der Waals surface area contributed by atoms with Gasteiger partial charge in [0.15, 0.2) is 5.11 Å². The predicted molar refractivity (Wildman–Crippen MR) is 147 cm³/mol. The number of likely N-dealkylation sites (N-methyl/N-ethyl adjacent to an activating group) is 1. The third kappa shape index (κ3) is 6.34. The van der Waals surface area contributed by atoms with Crippen molar-refractivity contribution < 1.29 is 14.3 Å². The van der Waals surface area contributed by atoms with E-state index in [1.54, 1.807) is 48.5 Å². The Kier molecular flexibility index (Phi) is 8.79. The smallest absolute Gasteiger partial charge is 0.256 e. The number of halogens is 1. The van der Waals surface area contributed by atoms with E-state index in [1.165, 1.54) is 4.90 Å². The van der Waals surface area contributed by atoms with Gasteiger partial charge in [0.05, 0.1) is 18.7 Å². The summed E-state index contributed by atoms with van der Waals surface area (Å²) in [5.41, 5.74) is 1.25. The van der Waals surface area contributed by atoms with E-state index in [2.05, 4.69) is 22.2 Å². The van der Waals surface area contributed by atoms with Crippen LogP contribution in [0, 0.1) is 0 Å². The monoisotopic (exact) mass is 529 g/mol. The summed E-state index contributed by atoms with van der Waals surface area (Å²) in [6.45, 7) is 7.76. The van der Waals surface area contributed by atoms with Crippen molar-refractivity contribution in [3.8, 4) is 5.75 Å². The third-order valence-electron chi connectivity index (χ3n) is 6.47. The first-order valence-corrected chi connectivity index (χ1v) is 13.0. The second kappa shape index (κ2) is 12.0. The largest absolute Gasteiger partial charge is 0.494 e. The highest BCUT2D eigenvalue weighted by Crippen LogP contribution is 2.29. The van der Waals surface area contributed by atoms with Gasteiger partial charge in [-0.2, -0.15) is 0 Å². The van der Waals surface area contributed by atoms with Crippen molar-refractivity contribution in [1.29, 1.82) is 0 Å². The zero-order valence-electron chi connectivity index (χ0n) is 20.7. The molecule has 2 aromatic carbocycles. The summed E-state index contributed by atoms with van der Waals surface area (Å²) in [4.78, 5) is 34.6. The Balaban J connectivity index is 1.48. The molecule has 2 heterocycles. The lowest BCUT2D eigenvalue weighted by Gasteiger charge is -2.34. The summed E-state index contributed by atoms with van der Waals surface area (Å²) in [5, 5.41) is 3.81. The van der Waals surface area contributed by atoms with E-state index in [1.807, 2.05) is 11.8 Å². The minimum atomic E-state index is -0.688. The van der Waals surface area contributed by atoms with Gasteiger partial charge in [-0.25, -0.2) is 0 Å². The zero-order valence-corrected chi connectivity index (χ0v) is 22.2. The molecule has 2 aromatic rings. The molecule has 0 saturated carbocycles. The van der Waals surface area contributed by atoms with Gasteiger partial charge in [-0.05, 0) is 68.7 Å². The van der Waals surface area contributed by atoms with E-state index >= 15 is 0 Å². The number of nitrogens with one attached hydrogen (secondary N) is 1. The zero-order chi connectivity index (χ0) is 25.7. The van der Waals surface area contributed by atoms with Crippen LogP contribution in [-0.2, 0) is 9.59 Å². The van der Waals surface area contributed by atoms with Crippen molar-refractivity contribution >= 4 is 52.1 Å². The SMILES string of the molecule is CCOc1ccc(NC(=O)C[C@H]2C(=O)N(c3cccc(Cl)c3)C(=S)N2CCN2CCN(C)CC2)cc1. The molecule has 2 aliphatic rings. The molecule has 0 aliphatic carbocycles. The Morgan fingerprint density at radius 3 is 2.50 bits per heavy atom. The molecule has 0 bridgehead atoms. The number of hydrogen-bond donors (Lipinski definition) is 1. The van der Waals surface area contributed by atoms with Crippen LogP contribution in [0.25, 0.3) is 0 Å². The second-order valence-electron chi connectivity index (χ2n) is 9.00. The van der Waals surface area contributed by atoms with Gasteiger partial charge in [0.25, 0.3) is 5.91 Å². The van der Waals surface area contributed by atoms with Crippen molar-refractivity contribution in [2.45, 2.75) is 19.4 Å². The second-order valence-corrected chi connectivity index (χ2v) is 9.80. The number of ether oxygens (including phenoxy) is 1. The Bertz CT molecular complexity index is 1090. The van der Waals surface area contributed by atoms with Crippen LogP contribution in [0.4, 0.5) is 11.4 Å². The summed E-state index contributed by atoms with van der Waals surface area (Å²) in [7, 11) is 2.12. The number of benzene rings is 2. The first kappa shape index (κ1) is 26.3. The first-order valence-electron chi connectivity index (χ1n) is 12.2. The average molecular weight is 530 g/mol. The number of carbonyl (C=O) groups is 2. The standard InChI is InChI=1S/C26H32ClN5O3S/c1-3-35-22-9-7-20(8-10-22)28-24(33)18-23-25(34)32(21-6-4-5-19(27)17-21)26(36)31(23)16-15-30-13-11-29(2)12-14-30/h4-10,17,23H,3,11-16,18H2,1-2H3,(H,28,33)/t23-/m0/s1. The van der Waals surface area contributed by atoms with Gasteiger partial charge in [0, 0.05) is 50.0 Å². The van der Waals surface area contributed by atoms with Gasteiger partial charge in [-0.15, -0.1) is 0 Å². The van der Waals surface area contributed by atoms with Crippen LogP contribution in [-0.4, -0.2) is 90.6 Å². The van der Waals surface area contributed by atoms with Gasteiger partial charge in [-0.1, -0.05) is 17.7 Å². The maximum absolute atomic E-state index is 13.6. The quantitative estimate of drug-likeness (QED) is 0.500. The highest BCUT2D eigenvalue weighted by Gasteiger charge is 2.44. The number of rotatable bonds is 9. The fourth-order valence-corrected chi connectivity index (χ4v) is 5.05. The van der Waals surface area contributed by atoms with Crippen molar-refractivity contribution in [3.63, 3.8) is 0 Å². The molecule has 2 saturated heterocycles. The molecule has 2 aliphatic heterocycles. The number of anilines is 2. The Morgan fingerprint density at radius 1 is 1.11 bits per heavy atom. The molecule has 2 fully saturated rings. The van der Waals surface area contributed by atoms with Crippen molar-refractivity contribution in [2.75, 3.05) is 63.1 Å². The predicted octanol–water partition coefficient (Wildman–Crippen LogP) is 3.32. The first-order chi connectivity index (χ1) is 17.4. The molecule has 0 radical (unpaired) electrons. The molecule has 36 heavy (non-hydrogen) atoms. The molecule has 2 amide bonds. The number of piperazine rings is 1. The summed E-state index contributed by atoms with van der Waals surface area (Å²) in [6, 6.07) is 13.5. The van der Waals surface area contributed by atoms with E-state index < -0.39 is 6.04 Å². The molecular weight excluding hydrogens is 498 g/mol. The number of amides is 2. The molecule has 1 atom stereocenters. The molecule has 8 nitrogen and oxygen atoms in total. The molecule has 0 spiro atoms. The number of thiocarbonyl (C=S) groups is 1. The van der Waals surface area contributed by atoms with Crippen LogP contribution in [0.2, 0.25) is 5.02 Å². The van der Waals surface area contributed by atoms with Crippen LogP contribution in [0.1, 0.15) is 13.3 Å². The molecule has 10 heteroatoms. The Morgan fingerprint density at radius 2 is 1.83 bits per heavy atom. The van der Waals surface area contributed by atoms with Crippen LogP contribution in [0.3, 0.4) is 0 Å². The highest BCUT2D eigenvalue weighted by atomic mass is 35.5. The summed E-state index contributed by atoms with van der Waals surface area (Å²) >= 11 is 12.0. The van der Waals surface area contributed by atoms with Crippen molar-refractivity contribution in [2.24, 2.45) is 0 Å². The van der Waals surface area contributed by atoms with Crippen molar-refractivity contribution in [1.82, 2.24) is 14.7 Å². The Hall–Kier alpha value is -2.72. The topological polar surface area (TPSA) is 68.4 Å². The maximum Gasteiger partial charge on any atom is 0.256 e. The normalized spacial score (nSPS) is 19.1. The van der Waals surface area contributed by atoms with Gasteiger partial charge in [0.2, 0.25) is 5.91 Å². The molecular formula is C26H32ClN5O3S. The van der Waals surface area contributed by atoms with Crippen LogP contribution in [0.15, 0.2) is 48.5 Å². The lowest BCUT2D eigenvalue weighted by Crippen LogP contribution is -2.48. The van der Waals surface area contributed by atoms with Gasteiger partial charge in [-0.3, -0.25) is 19.4 Å². The number of nitrogens with zero attached hydrogens (tertiary/aromatic N) is 4.